The molecule has 178 valence electrons. The summed E-state index contributed by atoms with van der Waals surface area (Å²) in [4.78, 5) is 24.5. The number of aliphatic imine (C=N–C) groups is 1. The van der Waals surface area contributed by atoms with Gasteiger partial charge in [-0.3, -0.25) is 9.69 Å². The Morgan fingerprint density at radius 3 is 2.51 bits per heavy atom. The number of amidine groups is 1. The summed E-state index contributed by atoms with van der Waals surface area (Å²) in [6.07, 6.45) is 0.766. The molecule has 5 rings (SSSR count). The van der Waals surface area contributed by atoms with Gasteiger partial charge in [-0.1, -0.05) is 59.8 Å². The van der Waals surface area contributed by atoms with Gasteiger partial charge in [0, 0.05) is 24.6 Å². The Morgan fingerprint density at radius 1 is 0.971 bits per heavy atom. The zero-order chi connectivity index (χ0) is 24.5. The zero-order valence-electron chi connectivity index (χ0n) is 20.2. The normalized spacial score (nSPS) is 18.5. The first-order valence-corrected chi connectivity index (χ1v) is 13.1. The van der Waals surface area contributed by atoms with Crippen LogP contribution in [0.15, 0.2) is 86.6 Å². The maximum absolute atomic E-state index is 13.8. The number of rotatable bonds is 5. The van der Waals surface area contributed by atoms with Crippen LogP contribution >= 0.6 is 23.5 Å². The van der Waals surface area contributed by atoms with E-state index >= 15 is 0 Å². The van der Waals surface area contributed by atoms with Crippen LogP contribution in [0.25, 0.3) is 0 Å². The number of benzene rings is 3. The van der Waals surface area contributed by atoms with Crippen molar-refractivity contribution in [1.82, 2.24) is 4.90 Å². The number of ether oxygens (including phenoxy) is 1. The topological polar surface area (TPSA) is 45.1 Å². The highest BCUT2D eigenvalue weighted by molar-refractivity contribution is 8.19. The molecule has 35 heavy (non-hydrogen) atoms. The fraction of sp³-hybridized carbons (Fsp3) is 0.214. The van der Waals surface area contributed by atoms with Crippen LogP contribution in [0.4, 0.5) is 11.4 Å². The number of carbonyl (C=O) groups excluding carboxylic acids is 1. The van der Waals surface area contributed by atoms with Crippen molar-refractivity contribution in [2.45, 2.75) is 25.2 Å². The van der Waals surface area contributed by atoms with Crippen molar-refractivity contribution in [2.24, 2.45) is 4.99 Å². The van der Waals surface area contributed by atoms with Crippen molar-refractivity contribution < 1.29 is 9.53 Å². The average molecular weight is 502 g/mol. The summed E-state index contributed by atoms with van der Waals surface area (Å²) in [5.41, 5.74) is 5.43. The summed E-state index contributed by atoms with van der Waals surface area (Å²) in [7, 11) is 3.67. The van der Waals surface area contributed by atoms with Gasteiger partial charge in [0.2, 0.25) is 0 Å². The van der Waals surface area contributed by atoms with E-state index < -0.39 is 0 Å². The summed E-state index contributed by atoms with van der Waals surface area (Å²) in [6, 6.07) is 22.5. The molecule has 0 aliphatic carbocycles. The van der Waals surface area contributed by atoms with Gasteiger partial charge in [-0.25, -0.2) is 4.99 Å². The molecular weight excluding hydrogens is 474 g/mol. The lowest BCUT2D eigenvalue weighted by molar-refractivity contribution is -0.122. The van der Waals surface area contributed by atoms with Crippen molar-refractivity contribution in [3.63, 3.8) is 0 Å². The summed E-state index contributed by atoms with van der Waals surface area (Å²) in [5.74, 6) is 0.804. The van der Waals surface area contributed by atoms with Gasteiger partial charge in [0.05, 0.1) is 23.5 Å². The first kappa shape index (κ1) is 23.6. The minimum absolute atomic E-state index is 0.00330. The van der Waals surface area contributed by atoms with Gasteiger partial charge in [-0.2, -0.15) is 0 Å². The van der Waals surface area contributed by atoms with Crippen LogP contribution in [0, 0.1) is 13.8 Å². The lowest BCUT2D eigenvalue weighted by Gasteiger charge is -2.17. The number of carbonyl (C=O) groups is 1. The van der Waals surface area contributed by atoms with Crippen molar-refractivity contribution >= 4 is 46.0 Å². The molecule has 2 aliphatic heterocycles. The van der Waals surface area contributed by atoms with E-state index in [0.29, 0.717) is 11.4 Å². The van der Waals surface area contributed by atoms with Crippen LogP contribution in [0.5, 0.6) is 5.75 Å². The lowest BCUT2D eigenvalue weighted by Crippen LogP contribution is -2.31. The molecule has 1 fully saturated rings. The van der Waals surface area contributed by atoms with E-state index in [1.807, 2.05) is 54.4 Å². The van der Waals surface area contributed by atoms with E-state index in [-0.39, 0.29) is 5.91 Å². The van der Waals surface area contributed by atoms with Gasteiger partial charge in [-0.15, -0.1) is 0 Å². The van der Waals surface area contributed by atoms with Crippen LogP contribution in [0.1, 0.15) is 16.7 Å². The third kappa shape index (κ3) is 4.70. The molecule has 1 amide bonds. The number of amides is 1. The van der Waals surface area contributed by atoms with E-state index in [4.69, 9.17) is 9.73 Å². The summed E-state index contributed by atoms with van der Waals surface area (Å²) >= 11 is 3.08. The standard InChI is InChI=1S/C28H27N3O2S2/c1-18-10-12-22(19(2)16-18)29-28-31(15-14-20-8-6-5-7-9-20)26(32)25(35-28)27-30(3)23-17-21(33-4)11-13-24(23)34-27/h5-13,16-17H,14-15H2,1-4H3. The Bertz CT molecular complexity index is 1350. The molecule has 5 nitrogen and oxygen atoms in total. The Hall–Kier alpha value is -3.16. The molecule has 0 N–H and O–H groups in total. The number of nitrogens with zero attached hydrogens (tertiary/aromatic N) is 3. The molecule has 0 bridgehead atoms. The third-order valence-corrected chi connectivity index (χ3v) is 8.56. The number of fused-ring (bicyclic) bond motifs is 1. The van der Waals surface area contributed by atoms with Gasteiger partial charge in [-0.05, 0) is 61.4 Å². The highest BCUT2D eigenvalue weighted by Crippen LogP contribution is 2.51. The molecule has 3 aromatic carbocycles. The van der Waals surface area contributed by atoms with Gasteiger partial charge < -0.3 is 9.64 Å². The van der Waals surface area contributed by atoms with Crippen molar-refractivity contribution in [1.29, 1.82) is 0 Å². The summed E-state index contributed by atoms with van der Waals surface area (Å²) in [6.45, 7) is 4.71. The molecule has 3 aromatic rings. The molecule has 0 aromatic heterocycles. The Morgan fingerprint density at radius 2 is 1.77 bits per heavy atom. The van der Waals surface area contributed by atoms with E-state index in [2.05, 4.69) is 43.0 Å². The number of anilines is 1. The summed E-state index contributed by atoms with van der Waals surface area (Å²) < 4.78 is 5.41. The van der Waals surface area contributed by atoms with Crippen LogP contribution in [-0.2, 0) is 11.2 Å². The molecular formula is C28H27N3O2S2. The molecule has 0 spiro atoms. The quantitative estimate of drug-likeness (QED) is 0.372. The minimum Gasteiger partial charge on any atom is -0.497 e. The molecule has 0 saturated carbocycles. The van der Waals surface area contributed by atoms with Gasteiger partial charge in [0.15, 0.2) is 5.17 Å². The third-order valence-electron chi connectivity index (χ3n) is 6.13. The van der Waals surface area contributed by atoms with Gasteiger partial charge in [0.1, 0.15) is 10.7 Å². The largest absolute Gasteiger partial charge is 0.497 e. The molecule has 0 radical (unpaired) electrons. The van der Waals surface area contributed by atoms with E-state index in [0.717, 1.165) is 44.2 Å². The van der Waals surface area contributed by atoms with Crippen molar-refractivity contribution in [2.75, 3.05) is 25.6 Å². The first-order valence-electron chi connectivity index (χ1n) is 11.5. The number of hydrogen-bond acceptors (Lipinski definition) is 6. The molecule has 7 heteroatoms. The highest BCUT2D eigenvalue weighted by atomic mass is 32.2. The Kier molecular flexibility index (Phi) is 6.62. The van der Waals surface area contributed by atoms with Gasteiger partial charge in [0.25, 0.3) is 5.91 Å². The second-order valence-corrected chi connectivity index (χ2v) is 10.6. The average Bonchev–Trinajstić information content (AvgIpc) is 3.35. The number of thioether (sulfide) groups is 2. The zero-order valence-corrected chi connectivity index (χ0v) is 21.9. The maximum Gasteiger partial charge on any atom is 0.269 e. The number of aryl methyl sites for hydroxylation is 2. The second-order valence-electron chi connectivity index (χ2n) is 8.61. The molecule has 0 unspecified atom stereocenters. The van der Waals surface area contributed by atoms with E-state index in [1.54, 1.807) is 18.9 Å². The predicted molar refractivity (Wildman–Crippen MR) is 147 cm³/mol. The van der Waals surface area contributed by atoms with Crippen LogP contribution < -0.4 is 9.64 Å². The smallest absolute Gasteiger partial charge is 0.269 e. The van der Waals surface area contributed by atoms with Crippen molar-refractivity contribution in [3.05, 3.63) is 93.4 Å². The monoisotopic (exact) mass is 501 g/mol. The molecule has 0 atom stereocenters. The minimum atomic E-state index is 0.00330. The van der Waals surface area contributed by atoms with Crippen LogP contribution in [0.3, 0.4) is 0 Å². The number of methoxy groups -OCH3 is 1. The lowest BCUT2D eigenvalue weighted by atomic mass is 10.1. The number of hydrogen-bond donors (Lipinski definition) is 0. The molecule has 1 saturated heterocycles. The fourth-order valence-electron chi connectivity index (χ4n) is 4.19. The first-order chi connectivity index (χ1) is 16.9. The van der Waals surface area contributed by atoms with Gasteiger partial charge >= 0.3 is 0 Å². The Balaban J connectivity index is 1.51. The SMILES string of the molecule is COc1ccc2c(c1)N(C)C(=C1SC(=Nc3ccc(C)cc3C)N(CCc3ccccc3)C1=O)S2. The predicted octanol–water partition coefficient (Wildman–Crippen LogP) is 6.53. The Labute approximate surface area is 214 Å². The van der Waals surface area contributed by atoms with Crippen LogP contribution in [-0.4, -0.2) is 36.7 Å². The van der Waals surface area contributed by atoms with E-state index in [1.165, 1.54) is 22.9 Å². The maximum atomic E-state index is 13.8. The summed E-state index contributed by atoms with van der Waals surface area (Å²) in [5, 5.41) is 1.65. The van der Waals surface area contributed by atoms with E-state index in [9.17, 15) is 4.79 Å². The highest BCUT2D eigenvalue weighted by Gasteiger charge is 2.39. The fourth-order valence-corrected chi connectivity index (χ4v) is 6.53. The molecule has 2 aliphatic rings. The van der Waals surface area contributed by atoms with Crippen molar-refractivity contribution in [3.8, 4) is 5.75 Å². The van der Waals surface area contributed by atoms with Crippen LogP contribution in [0.2, 0.25) is 0 Å². The molecule has 2 heterocycles. The second kappa shape index (κ2) is 9.84.